The summed E-state index contributed by atoms with van der Waals surface area (Å²) in [6, 6.07) is 11.3. The van der Waals surface area contributed by atoms with E-state index >= 15 is 0 Å². The van der Waals surface area contributed by atoms with Gasteiger partial charge in [-0.2, -0.15) is 10.5 Å². The highest BCUT2D eigenvalue weighted by molar-refractivity contribution is 5.74. The highest BCUT2D eigenvalue weighted by atomic mass is 15.1. The number of rotatable bonds is 4. The van der Waals surface area contributed by atoms with E-state index < -0.39 is 0 Å². The summed E-state index contributed by atoms with van der Waals surface area (Å²) < 4.78 is 0. The Morgan fingerprint density at radius 2 is 1.11 bits per heavy atom. The molecule has 7 nitrogen and oxygen atoms in total. The molecular weight excluding hydrogens is 338 g/mol. The molecule has 0 saturated carbocycles. The second kappa shape index (κ2) is 9.50. The summed E-state index contributed by atoms with van der Waals surface area (Å²) in [7, 11) is 0. The molecule has 7 heteroatoms. The first kappa shape index (κ1) is 19.4. The molecule has 0 aliphatic carbocycles. The first-order chi connectivity index (χ1) is 13.2. The number of hydrogen-bond donors (Lipinski definition) is 2. The molecule has 0 saturated heterocycles. The predicted molar refractivity (Wildman–Crippen MR) is 105 cm³/mol. The van der Waals surface area contributed by atoms with Gasteiger partial charge in [0.1, 0.15) is 12.1 Å². The molecule has 0 aliphatic heterocycles. The molecule has 3 aromatic heterocycles. The molecule has 0 radical (unpaired) electrons. The van der Waals surface area contributed by atoms with Gasteiger partial charge in [-0.25, -0.2) is 4.98 Å². The molecule has 27 heavy (non-hydrogen) atoms. The Bertz CT molecular complexity index is 893. The zero-order chi connectivity index (χ0) is 19.6. The first-order valence-corrected chi connectivity index (χ1v) is 8.42. The molecule has 0 aromatic carbocycles. The smallest absolute Gasteiger partial charge is 0.151 e. The van der Waals surface area contributed by atoms with E-state index in [4.69, 9.17) is 0 Å². The lowest BCUT2D eigenvalue weighted by Crippen LogP contribution is -2.06. The summed E-state index contributed by atoms with van der Waals surface area (Å²) in [6.45, 7) is 5.73. The molecule has 2 N–H and O–H groups in total. The van der Waals surface area contributed by atoms with Crippen LogP contribution in [0.25, 0.3) is 0 Å². The van der Waals surface area contributed by atoms with E-state index in [2.05, 4.69) is 37.7 Å². The summed E-state index contributed by atoms with van der Waals surface area (Å²) in [5.74, 6) is 0.753. The molecule has 3 aromatic rings. The zero-order valence-corrected chi connectivity index (χ0v) is 15.4. The molecule has 0 spiro atoms. The van der Waals surface area contributed by atoms with Crippen molar-refractivity contribution in [3.8, 4) is 12.1 Å². The Balaban J connectivity index is 0.00000126. The Morgan fingerprint density at radius 1 is 0.741 bits per heavy atom. The fourth-order valence-electron chi connectivity index (χ4n) is 2.30. The maximum absolute atomic E-state index is 9.50. The average Bonchev–Trinajstić information content (AvgIpc) is 2.71. The van der Waals surface area contributed by atoms with Crippen molar-refractivity contribution in [2.45, 2.75) is 20.8 Å². The molecule has 3 heterocycles. The number of nitriles is 2. The van der Waals surface area contributed by atoms with E-state index in [1.54, 1.807) is 56.0 Å². The molecule has 0 atom stereocenters. The van der Waals surface area contributed by atoms with Gasteiger partial charge < -0.3 is 10.6 Å². The van der Waals surface area contributed by atoms with Crippen LogP contribution in [0.15, 0.2) is 49.1 Å². The van der Waals surface area contributed by atoms with E-state index in [9.17, 15) is 10.5 Å². The third-order valence-electron chi connectivity index (χ3n) is 3.56. The van der Waals surface area contributed by atoms with Gasteiger partial charge >= 0.3 is 0 Å². The van der Waals surface area contributed by atoms with Gasteiger partial charge in [-0.1, -0.05) is 13.8 Å². The summed E-state index contributed by atoms with van der Waals surface area (Å²) in [5, 5.41) is 25.2. The number of aromatic nitrogens is 3. The summed E-state index contributed by atoms with van der Waals surface area (Å²) >= 11 is 0. The van der Waals surface area contributed by atoms with Crippen LogP contribution in [0.3, 0.4) is 0 Å². The monoisotopic (exact) mass is 357 g/mol. The lowest BCUT2D eigenvalue weighted by atomic mass is 10.0. The third-order valence-corrected chi connectivity index (χ3v) is 3.56. The number of nitrogens with one attached hydrogen (secondary N) is 2. The minimum absolute atomic E-state index is 0.327. The van der Waals surface area contributed by atoms with Crippen molar-refractivity contribution < 1.29 is 0 Å². The van der Waals surface area contributed by atoms with Crippen molar-refractivity contribution in [1.29, 1.82) is 10.5 Å². The molecule has 0 bridgehead atoms. The van der Waals surface area contributed by atoms with Crippen molar-refractivity contribution in [3.05, 3.63) is 65.7 Å². The Kier molecular flexibility index (Phi) is 6.81. The van der Waals surface area contributed by atoms with E-state index in [0.29, 0.717) is 28.3 Å². The van der Waals surface area contributed by atoms with Crippen LogP contribution in [0.4, 0.5) is 23.0 Å². The molecule has 0 amide bonds. The fourth-order valence-corrected chi connectivity index (χ4v) is 2.30. The lowest BCUT2D eigenvalue weighted by molar-refractivity contribution is 1.21. The fraction of sp³-hybridized carbons (Fsp3) is 0.150. The molecule has 3 rings (SSSR count). The Hall–Kier alpha value is -3.97. The molecular formula is C20H19N7. The van der Waals surface area contributed by atoms with Crippen LogP contribution < -0.4 is 10.6 Å². The maximum Gasteiger partial charge on any atom is 0.151 e. The van der Waals surface area contributed by atoms with E-state index in [1.165, 1.54) is 0 Å². The topological polar surface area (TPSA) is 110 Å². The Labute approximate surface area is 158 Å². The van der Waals surface area contributed by atoms with E-state index in [1.807, 2.05) is 13.8 Å². The van der Waals surface area contributed by atoms with Gasteiger partial charge in [-0.15, -0.1) is 0 Å². The van der Waals surface area contributed by atoms with Gasteiger partial charge in [0.2, 0.25) is 0 Å². The quantitative estimate of drug-likeness (QED) is 0.710. The number of pyridine rings is 3. The number of hydrogen-bond acceptors (Lipinski definition) is 7. The van der Waals surface area contributed by atoms with Crippen molar-refractivity contribution >= 4 is 23.0 Å². The minimum atomic E-state index is 0.327. The van der Waals surface area contributed by atoms with Crippen LogP contribution >= 0.6 is 0 Å². The normalized spacial score (nSPS) is 9.22. The minimum Gasteiger partial charge on any atom is -0.339 e. The van der Waals surface area contributed by atoms with Crippen LogP contribution in [0.2, 0.25) is 0 Å². The highest BCUT2D eigenvalue weighted by Gasteiger charge is 2.17. The van der Waals surface area contributed by atoms with Crippen LogP contribution in [-0.4, -0.2) is 15.0 Å². The second-order valence-corrected chi connectivity index (χ2v) is 5.13. The average molecular weight is 357 g/mol. The van der Waals surface area contributed by atoms with Gasteiger partial charge in [-0.3, -0.25) is 9.97 Å². The predicted octanol–water partition coefficient (Wildman–Crippen LogP) is 4.44. The molecule has 0 unspecified atom stereocenters. The highest BCUT2D eigenvalue weighted by Crippen LogP contribution is 2.29. The SMILES string of the molecule is CC.Cc1c(C#N)c(Nc2ccncc2)nc(Nc2ccncc2)c1C#N. The van der Waals surface area contributed by atoms with Gasteiger partial charge in [0.05, 0.1) is 11.1 Å². The number of anilines is 4. The van der Waals surface area contributed by atoms with Crippen LogP contribution in [0, 0.1) is 29.6 Å². The number of nitrogens with zero attached hydrogens (tertiary/aromatic N) is 5. The summed E-state index contributed by atoms with van der Waals surface area (Å²) in [5.41, 5.74) is 2.71. The van der Waals surface area contributed by atoms with E-state index in [-0.39, 0.29) is 0 Å². The summed E-state index contributed by atoms with van der Waals surface area (Å²) in [4.78, 5) is 12.4. The van der Waals surface area contributed by atoms with Gasteiger partial charge in [0.25, 0.3) is 0 Å². The molecule has 0 fully saturated rings. The van der Waals surface area contributed by atoms with E-state index in [0.717, 1.165) is 11.4 Å². The molecule has 0 aliphatic rings. The first-order valence-electron chi connectivity index (χ1n) is 8.42. The van der Waals surface area contributed by atoms with Crippen molar-refractivity contribution in [3.63, 3.8) is 0 Å². The Morgan fingerprint density at radius 3 is 1.44 bits per heavy atom. The van der Waals surface area contributed by atoms with Crippen molar-refractivity contribution in [1.82, 2.24) is 15.0 Å². The van der Waals surface area contributed by atoms with Gasteiger partial charge in [-0.05, 0) is 36.8 Å². The lowest BCUT2D eigenvalue weighted by Gasteiger charge is -2.15. The van der Waals surface area contributed by atoms with Crippen LogP contribution in [0.1, 0.15) is 30.5 Å². The van der Waals surface area contributed by atoms with Gasteiger partial charge in [0, 0.05) is 36.2 Å². The maximum atomic E-state index is 9.50. The third kappa shape index (κ3) is 4.56. The zero-order valence-electron chi connectivity index (χ0n) is 15.4. The van der Waals surface area contributed by atoms with Crippen molar-refractivity contribution in [2.75, 3.05) is 10.6 Å². The van der Waals surface area contributed by atoms with Crippen LogP contribution in [-0.2, 0) is 0 Å². The summed E-state index contributed by atoms with van der Waals surface area (Å²) in [6.07, 6.45) is 6.56. The molecule has 134 valence electrons. The van der Waals surface area contributed by atoms with Crippen LogP contribution in [0.5, 0.6) is 0 Å². The standard InChI is InChI=1S/C18H13N7.C2H6/c1-12-15(10-19)17(23-13-2-6-21-7-3-13)25-18(16(12)11-20)24-14-4-8-22-9-5-14;1-2/h2-9H,1H3,(H2,21,22,23,24,25);1-2H3. The van der Waals surface area contributed by atoms with Crippen molar-refractivity contribution in [2.24, 2.45) is 0 Å². The van der Waals surface area contributed by atoms with Gasteiger partial charge in [0.15, 0.2) is 11.6 Å². The largest absolute Gasteiger partial charge is 0.339 e. The second-order valence-electron chi connectivity index (χ2n) is 5.13.